The molecule has 0 aromatic rings. The first kappa shape index (κ1) is 20.7. The first-order valence-corrected chi connectivity index (χ1v) is 8.66. The van der Waals surface area contributed by atoms with Crippen LogP contribution in [0.25, 0.3) is 0 Å². The van der Waals surface area contributed by atoms with Gasteiger partial charge < -0.3 is 14.5 Å². The molecular formula is C16H28IN7O2. The van der Waals surface area contributed by atoms with Crippen LogP contribution >= 0.6 is 24.0 Å². The zero-order valence-corrected chi connectivity index (χ0v) is 18.1. The van der Waals surface area contributed by atoms with E-state index in [1.807, 2.05) is 44.9 Å². The largest absolute Gasteiger partial charge is 0.444 e. The summed E-state index contributed by atoms with van der Waals surface area (Å²) in [7, 11) is 2.04. The summed E-state index contributed by atoms with van der Waals surface area (Å²) in [5.41, 5.74) is 5.07. The number of nitrogens with one attached hydrogen (secondary N) is 2. The van der Waals surface area contributed by atoms with E-state index in [2.05, 4.69) is 26.2 Å². The van der Waals surface area contributed by atoms with Crippen LogP contribution in [0.5, 0.6) is 0 Å². The molecule has 1 amide bonds. The number of likely N-dealkylation sites (tertiary alicyclic amines) is 1. The van der Waals surface area contributed by atoms with Crippen LogP contribution in [0.15, 0.2) is 22.4 Å². The van der Waals surface area contributed by atoms with Crippen molar-refractivity contribution in [3.63, 3.8) is 0 Å². The second-order valence-corrected chi connectivity index (χ2v) is 7.59. The van der Waals surface area contributed by atoms with Crippen LogP contribution in [0, 0.1) is 5.92 Å². The van der Waals surface area contributed by atoms with Crippen molar-refractivity contribution in [2.75, 3.05) is 26.7 Å². The molecule has 0 atom stereocenters. The van der Waals surface area contributed by atoms with Gasteiger partial charge in [0.15, 0.2) is 11.7 Å². The summed E-state index contributed by atoms with van der Waals surface area (Å²) in [6, 6.07) is 0. The van der Waals surface area contributed by atoms with E-state index < -0.39 is 5.60 Å². The van der Waals surface area contributed by atoms with Crippen LogP contribution in [-0.2, 0) is 4.74 Å². The Morgan fingerprint density at radius 1 is 1.35 bits per heavy atom. The molecule has 26 heavy (non-hydrogen) atoms. The van der Waals surface area contributed by atoms with Crippen LogP contribution < -0.4 is 11.1 Å². The second kappa shape index (κ2) is 8.42. The minimum atomic E-state index is -0.444. The summed E-state index contributed by atoms with van der Waals surface area (Å²) in [5.74, 6) is 2.15. The fourth-order valence-electron chi connectivity index (χ4n) is 3.01. The maximum atomic E-state index is 12.1. The lowest BCUT2D eigenvalue weighted by atomic mass is 9.96. The molecule has 146 valence electrons. The molecule has 3 heterocycles. The number of carbonyl (C=O) groups excluding carboxylic acids is 1. The highest BCUT2D eigenvalue weighted by Crippen LogP contribution is 2.21. The van der Waals surface area contributed by atoms with Gasteiger partial charge in [-0.25, -0.2) is 10.3 Å². The Labute approximate surface area is 171 Å². The van der Waals surface area contributed by atoms with Crippen molar-refractivity contribution in [3.05, 3.63) is 12.2 Å². The van der Waals surface area contributed by atoms with E-state index in [1.54, 1.807) is 5.12 Å². The van der Waals surface area contributed by atoms with Gasteiger partial charge in [-0.1, -0.05) is 0 Å². The summed E-state index contributed by atoms with van der Waals surface area (Å²) >= 11 is 0. The Hall–Kier alpha value is -1.56. The third kappa shape index (κ3) is 5.22. The smallest absolute Gasteiger partial charge is 0.410 e. The van der Waals surface area contributed by atoms with Crippen molar-refractivity contribution in [1.82, 2.24) is 26.0 Å². The lowest BCUT2D eigenvalue weighted by Gasteiger charge is -2.35. The topological polar surface area (TPSA) is 84.8 Å². The second-order valence-electron chi connectivity index (χ2n) is 7.59. The SMILES string of the molecule is CN(CC1CCN(C(=O)OC(C)(C)C)CC1)C1=NN2NNN=C2C=C1.I. The number of amides is 1. The number of amidine groups is 2. The van der Waals surface area contributed by atoms with E-state index in [9.17, 15) is 4.79 Å². The van der Waals surface area contributed by atoms with Crippen LogP contribution in [0.1, 0.15) is 33.6 Å². The van der Waals surface area contributed by atoms with Crippen LogP contribution in [-0.4, -0.2) is 65.0 Å². The maximum Gasteiger partial charge on any atom is 0.410 e. The molecule has 3 aliphatic heterocycles. The van der Waals surface area contributed by atoms with Gasteiger partial charge in [-0.3, -0.25) is 0 Å². The lowest BCUT2D eigenvalue weighted by molar-refractivity contribution is 0.0178. The number of fused-ring (bicyclic) bond motifs is 1. The number of rotatable bonds is 2. The van der Waals surface area contributed by atoms with Crippen molar-refractivity contribution in [1.29, 1.82) is 0 Å². The van der Waals surface area contributed by atoms with Crippen LogP contribution in [0.2, 0.25) is 0 Å². The molecule has 0 aromatic heterocycles. The molecule has 1 saturated heterocycles. The Morgan fingerprint density at radius 3 is 2.69 bits per heavy atom. The first-order valence-electron chi connectivity index (χ1n) is 8.66. The number of hydrogen-bond donors (Lipinski definition) is 2. The van der Waals surface area contributed by atoms with E-state index >= 15 is 0 Å². The van der Waals surface area contributed by atoms with Gasteiger partial charge in [0.1, 0.15) is 5.60 Å². The highest BCUT2D eigenvalue weighted by Gasteiger charge is 2.28. The Morgan fingerprint density at radius 2 is 2.04 bits per heavy atom. The number of hydrazone groups is 2. The third-order valence-corrected chi connectivity index (χ3v) is 4.32. The Bertz CT molecular complexity index is 606. The summed E-state index contributed by atoms with van der Waals surface area (Å²) in [6.45, 7) is 8.07. The number of hydrazine groups is 2. The summed E-state index contributed by atoms with van der Waals surface area (Å²) in [4.78, 5) is 16.1. The monoisotopic (exact) mass is 477 g/mol. The molecule has 9 nitrogen and oxygen atoms in total. The van der Waals surface area contributed by atoms with E-state index in [4.69, 9.17) is 4.74 Å². The van der Waals surface area contributed by atoms with Gasteiger partial charge in [0.05, 0.1) is 0 Å². The van der Waals surface area contributed by atoms with Gasteiger partial charge >= 0.3 is 6.09 Å². The van der Waals surface area contributed by atoms with E-state index in [0.29, 0.717) is 5.92 Å². The van der Waals surface area contributed by atoms with Crippen molar-refractivity contribution in [2.24, 2.45) is 16.1 Å². The van der Waals surface area contributed by atoms with Gasteiger partial charge in [-0.2, -0.15) is 5.12 Å². The highest BCUT2D eigenvalue weighted by atomic mass is 127. The standard InChI is InChI=1S/C16H27N7O2.HI/c1-16(2,3)25-15(24)22-9-7-12(8-10-22)11-21(4)14-6-5-13-17-19-20-23(13)18-14;/h5-6,12,19-20H,7-11H2,1-4H3;1H. The molecule has 3 aliphatic rings. The quantitative estimate of drug-likeness (QED) is 0.590. The highest BCUT2D eigenvalue weighted by molar-refractivity contribution is 14.0. The van der Waals surface area contributed by atoms with Crippen LogP contribution in [0.4, 0.5) is 4.79 Å². The molecule has 0 aliphatic carbocycles. The maximum absolute atomic E-state index is 12.1. The summed E-state index contributed by atoms with van der Waals surface area (Å²) < 4.78 is 5.45. The normalized spacial score (nSPS) is 19.8. The number of carbonyl (C=O) groups is 1. The molecule has 0 spiro atoms. The number of likely N-dealkylation sites (N-methyl/N-ethyl adjacent to an activating group) is 1. The van der Waals surface area contributed by atoms with Crippen molar-refractivity contribution in [2.45, 2.75) is 39.2 Å². The predicted octanol–water partition coefficient (Wildman–Crippen LogP) is 1.70. The Kier molecular flexibility index (Phi) is 6.72. The van der Waals surface area contributed by atoms with Gasteiger partial charge in [-0.05, 0) is 51.7 Å². The molecule has 0 bridgehead atoms. The fraction of sp³-hybridized carbons (Fsp3) is 0.688. The summed E-state index contributed by atoms with van der Waals surface area (Å²) in [6.07, 6.45) is 5.60. The van der Waals surface area contributed by atoms with Gasteiger partial charge in [0, 0.05) is 26.7 Å². The number of piperidine rings is 1. The fourth-order valence-corrected chi connectivity index (χ4v) is 3.01. The average molecular weight is 477 g/mol. The molecular weight excluding hydrogens is 449 g/mol. The lowest BCUT2D eigenvalue weighted by Crippen LogP contribution is -2.45. The molecule has 0 saturated carbocycles. The van der Waals surface area contributed by atoms with E-state index in [1.165, 1.54) is 0 Å². The number of nitrogens with zero attached hydrogens (tertiary/aromatic N) is 5. The minimum absolute atomic E-state index is 0. The van der Waals surface area contributed by atoms with Gasteiger partial charge in [-0.15, -0.1) is 39.7 Å². The number of ether oxygens (including phenoxy) is 1. The Balaban J connectivity index is 0.00000243. The molecule has 0 radical (unpaired) electrons. The molecule has 3 rings (SSSR count). The average Bonchev–Trinajstić information content (AvgIpc) is 3.01. The predicted molar refractivity (Wildman–Crippen MR) is 111 cm³/mol. The van der Waals surface area contributed by atoms with Crippen LogP contribution in [0.3, 0.4) is 0 Å². The first-order chi connectivity index (χ1) is 11.8. The van der Waals surface area contributed by atoms with E-state index in [0.717, 1.165) is 44.1 Å². The molecule has 0 aromatic carbocycles. The molecule has 2 N–H and O–H groups in total. The van der Waals surface area contributed by atoms with E-state index in [-0.39, 0.29) is 30.1 Å². The third-order valence-electron chi connectivity index (χ3n) is 4.32. The van der Waals surface area contributed by atoms with Gasteiger partial charge in [0.2, 0.25) is 0 Å². The zero-order chi connectivity index (χ0) is 18.0. The molecule has 1 fully saturated rings. The van der Waals surface area contributed by atoms with Crippen molar-refractivity contribution >= 4 is 41.7 Å². The number of halogens is 1. The van der Waals surface area contributed by atoms with Crippen molar-refractivity contribution < 1.29 is 9.53 Å². The molecule has 0 unspecified atom stereocenters. The molecule has 10 heteroatoms. The number of hydrogen-bond acceptors (Lipinski definition) is 8. The van der Waals surface area contributed by atoms with Crippen molar-refractivity contribution in [3.8, 4) is 0 Å². The zero-order valence-electron chi connectivity index (χ0n) is 15.7. The van der Waals surface area contributed by atoms with Gasteiger partial charge in [0.25, 0.3) is 0 Å². The summed E-state index contributed by atoms with van der Waals surface area (Å²) in [5, 5.41) is 10.1. The minimum Gasteiger partial charge on any atom is -0.444 e.